The standard InChI is InChI=1S/C20H17F2NOS/c21-16-6-1-4-14(10-16)11-19(15-5-2-7-17(22)12-15)23-20(24)13-18-8-3-9-25-18/h1-10,12,19H,11,13H2,(H,23,24)/t19-/m0/s1. The molecule has 0 spiro atoms. The van der Waals surface area contributed by atoms with Gasteiger partial charge in [-0.25, -0.2) is 8.78 Å². The lowest BCUT2D eigenvalue weighted by atomic mass is 9.98. The summed E-state index contributed by atoms with van der Waals surface area (Å²) >= 11 is 1.51. The number of hydrogen-bond acceptors (Lipinski definition) is 2. The second-order valence-electron chi connectivity index (χ2n) is 5.77. The van der Waals surface area contributed by atoms with Crippen LogP contribution in [0.25, 0.3) is 0 Å². The van der Waals surface area contributed by atoms with Crippen molar-refractivity contribution in [3.05, 3.63) is 93.7 Å². The molecular weight excluding hydrogens is 340 g/mol. The van der Waals surface area contributed by atoms with Crippen molar-refractivity contribution in [3.63, 3.8) is 0 Å². The summed E-state index contributed by atoms with van der Waals surface area (Å²) in [6.07, 6.45) is 0.657. The van der Waals surface area contributed by atoms with Gasteiger partial charge in [0.05, 0.1) is 12.5 Å². The van der Waals surface area contributed by atoms with E-state index in [0.717, 1.165) is 10.4 Å². The minimum absolute atomic E-state index is 0.145. The highest BCUT2D eigenvalue weighted by atomic mass is 32.1. The number of amides is 1. The molecule has 0 saturated heterocycles. The van der Waals surface area contributed by atoms with Gasteiger partial charge in [0.2, 0.25) is 5.91 Å². The minimum atomic E-state index is -0.426. The molecule has 1 heterocycles. The first kappa shape index (κ1) is 17.3. The van der Waals surface area contributed by atoms with Gasteiger partial charge in [-0.3, -0.25) is 4.79 Å². The van der Waals surface area contributed by atoms with Crippen LogP contribution >= 0.6 is 11.3 Å². The lowest BCUT2D eigenvalue weighted by Gasteiger charge is -2.19. The molecule has 1 aromatic heterocycles. The molecule has 25 heavy (non-hydrogen) atoms. The largest absolute Gasteiger partial charge is 0.349 e. The number of rotatable bonds is 6. The van der Waals surface area contributed by atoms with Gasteiger partial charge in [0.25, 0.3) is 0 Å². The van der Waals surface area contributed by atoms with E-state index in [0.29, 0.717) is 12.0 Å². The lowest BCUT2D eigenvalue weighted by molar-refractivity contribution is -0.121. The average molecular weight is 357 g/mol. The molecule has 0 fully saturated rings. The van der Waals surface area contributed by atoms with E-state index >= 15 is 0 Å². The van der Waals surface area contributed by atoms with E-state index in [1.807, 2.05) is 17.5 Å². The second-order valence-corrected chi connectivity index (χ2v) is 6.80. The Hall–Kier alpha value is -2.53. The van der Waals surface area contributed by atoms with Gasteiger partial charge >= 0.3 is 0 Å². The van der Waals surface area contributed by atoms with Crippen molar-refractivity contribution in [2.24, 2.45) is 0 Å². The van der Waals surface area contributed by atoms with Crippen LogP contribution in [0.5, 0.6) is 0 Å². The molecule has 0 aliphatic carbocycles. The second kappa shape index (κ2) is 8.03. The summed E-state index contributed by atoms with van der Waals surface area (Å²) in [7, 11) is 0. The predicted molar refractivity (Wildman–Crippen MR) is 95.4 cm³/mol. The van der Waals surface area contributed by atoms with Crippen LogP contribution in [0, 0.1) is 11.6 Å². The lowest BCUT2D eigenvalue weighted by Crippen LogP contribution is -2.31. The first-order valence-corrected chi connectivity index (χ1v) is 8.80. The van der Waals surface area contributed by atoms with Crippen molar-refractivity contribution in [2.45, 2.75) is 18.9 Å². The van der Waals surface area contributed by atoms with E-state index in [4.69, 9.17) is 0 Å². The number of thiophene rings is 1. The van der Waals surface area contributed by atoms with E-state index in [2.05, 4.69) is 5.32 Å². The molecule has 3 aromatic rings. The summed E-state index contributed by atoms with van der Waals surface area (Å²) in [4.78, 5) is 13.3. The molecule has 128 valence electrons. The summed E-state index contributed by atoms with van der Waals surface area (Å²) in [6, 6.07) is 15.7. The maximum Gasteiger partial charge on any atom is 0.225 e. The van der Waals surface area contributed by atoms with Crippen LogP contribution in [-0.4, -0.2) is 5.91 Å². The molecule has 0 unspecified atom stereocenters. The first-order valence-electron chi connectivity index (χ1n) is 7.92. The summed E-state index contributed by atoms with van der Waals surface area (Å²) in [6.45, 7) is 0. The highest BCUT2D eigenvalue weighted by Crippen LogP contribution is 2.21. The molecule has 1 atom stereocenters. The number of carbonyl (C=O) groups is 1. The van der Waals surface area contributed by atoms with E-state index < -0.39 is 6.04 Å². The fourth-order valence-electron chi connectivity index (χ4n) is 2.69. The molecule has 2 aromatic carbocycles. The summed E-state index contributed by atoms with van der Waals surface area (Å²) in [5.41, 5.74) is 1.40. The third kappa shape index (κ3) is 4.97. The first-order chi connectivity index (χ1) is 12.1. The maximum atomic E-state index is 13.6. The SMILES string of the molecule is O=C(Cc1cccs1)N[C@@H](Cc1cccc(F)c1)c1cccc(F)c1. The predicted octanol–water partition coefficient (Wildman–Crippen LogP) is 4.67. The summed E-state index contributed by atoms with van der Waals surface area (Å²) in [5.74, 6) is -0.845. The average Bonchev–Trinajstić information content (AvgIpc) is 3.07. The number of benzene rings is 2. The number of halogens is 2. The van der Waals surface area contributed by atoms with Crippen molar-refractivity contribution in [1.82, 2.24) is 5.32 Å². The Labute approximate surface area is 149 Å². The quantitative estimate of drug-likeness (QED) is 0.682. The van der Waals surface area contributed by atoms with Gasteiger partial charge < -0.3 is 5.32 Å². The fraction of sp³-hybridized carbons (Fsp3) is 0.150. The van der Waals surface area contributed by atoms with Crippen LogP contribution in [0.1, 0.15) is 22.0 Å². The number of hydrogen-bond donors (Lipinski definition) is 1. The van der Waals surface area contributed by atoms with Crippen LogP contribution in [-0.2, 0) is 17.6 Å². The molecule has 0 aliphatic rings. The highest BCUT2D eigenvalue weighted by molar-refractivity contribution is 7.10. The molecule has 1 amide bonds. The third-order valence-corrected chi connectivity index (χ3v) is 4.71. The maximum absolute atomic E-state index is 13.6. The van der Waals surface area contributed by atoms with Gasteiger partial charge in [-0.15, -0.1) is 11.3 Å². The van der Waals surface area contributed by atoms with Crippen LogP contribution < -0.4 is 5.32 Å². The van der Waals surface area contributed by atoms with Crippen molar-refractivity contribution in [3.8, 4) is 0 Å². The molecule has 3 rings (SSSR count). The Kier molecular flexibility index (Phi) is 5.56. The van der Waals surface area contributed by atoms with Crippen LogP contribution in [0.3, 0.4) is 0 Å². The molecule has 0 radical (unpaired) electrons. The fourth-order valence-corrected chi connectivity index (χ4v) is 3.40. The van der Waals surface area contributed by atoms with Crippen molar-refractivity contribution < 1.29 is 13.6 Å². The van der Waals surface area contributed by atoms with Crippen LogP contribution in [0.4, 0.5) is 8.78 Å². The van der Waals surface area contributed by atoms with Crippen molar-refractivity contribution in [1.29, 1.82) is 0 Å². The molecule has 2 nitrogen and oxygen atoms in total. The van der Waals surface area contributed by atoms with E-state index in [1.165, 1.54) is 35.6 Å². The molecule has 0 saturated carbocycles. The Morgan fingerprint density at radius 1 is 1.00 bits per heavy atom. The zero-order chi connectivity index (χ0) is 17.6. The smallest absolute Gasteiger partial charge is 0.225 e. The Balaban J connectivity index is 1.79. The summed E-state index contributed by atoms with van der Waals surface area (Å²) < 4.78 is 27.1. The molecule has 1 N–H and O–H groups in total. The van der Waals surface area contributed by atoms with Crippen LogP contribution in [0.15, 0.2) is 66.0 Å². The third-order valence-electron chi connectivity index (χ3n) is 3.83. The van der Waals surface area contributed by atoms with Gasteiger partial charge in [0.15, 0.2) is 0 Å². The zero-order valence-electron chi connectivity index (χ0n) is 13.4. The Morgan fingerprint density at radius 3 is 2.44 bits per heavy atom. The monoisotopic (exact) mass is 357 g/mol. The van der Waals surface area contributed by atoms with E-state index in [9.17, 15) is 13.6 Å². The highest BCUT2D eigenvalue weighted by Gasteiger charge is 2.17. The van der Waals surface area contributed by atoms with Crippen molar-refractivity contribution in [2.75, 3.05) is 0 Å². The molecular formula is C20H17F2NOS. The normalized spacial score (nSPS) is 11.9. The zero-order valence-corrected chi connectivity index (χ0v) is 14.2. The number of nitrogens with one attached hydrogen (secondary N) is 1. The van der Waals surface area contributed by atoms with Gasteiger partial charge in [-0.05, 0) is 53.3 Å². The van der Waals surface area contributed by atoms with E-state index in [1.54, 1.807) is 24.3 Å². The van der Waals surface area contributed by atoms with Crippen molar-refractivity contribution >= 4 is 17.2 Å². The van der Waals surface area contributed by atoms with Gasteiger partial charge in [0, 0.05) is 4.88 Å². The van der Waals surface area contributed by atoms with E-state index in [-0.39, 0.29) is 24.0 Å². The topological polar surface area (TPSA) is 29.1 Å². The Bertz CT molecular complexity index is 848. The minimum Gasteiger partial charge on any atom is -0.349 e. The van der Waals surface area contributed by atoms with Gasteiger partial charge in [0.1, 0.15) is 11.6 Å². The molecule has 5 heteroatoms. The molecule has 0 aliphatic heterocycles. The van der Waals surface area contributed by atoms with Gasteiger partial charge in [-0.2, -0.15) is 0 Å². The molecule has 0 bridgehead atoms. The number of carbonyl (C=O) groups excluding carboxylic acids is 1. The summed E-state index contributed by atoms with van der Waals surface area (Å²) in [5, 5.41) is 4.86. The van der Waals surface area contributed by atoms with Crippen LogP contribution in [0.2, 0.25) is 0 Å². The Morgan fingerprint density at radius 2 is 1.76 bits per heavy atom. The van der Waals surface area contributed by atoms with Gasteiger partial charge in [-0.1, -0.05) is 30.3 Å².